The van der Waals surface area contributed by atoms with Crippen LogP contribution in [0.4, 0.5) is 0 Å². The summed E-state index contributed by atoms with van der Waals surface area (Å²) in [5.74, 6) is -0.0571. The molecule has 2 aromatic rings. The summed E-state index contributed by atoms with van der Waals surface area (Å²) in [6.07, 6.45) is 3.08. The Kier molecular flexibility index (Phi) is 5.11. The van der Waals surface area contributed by atoms with Gasteiger partial charge in [0.15, 0.2) is 0 Å². The van der Waals surface area contributed by atoms with Gasteiger partial charge in [0.25, 0.3) is 5.91 Å². The summed E-state index contributed by atoms with van der Waals surface area (Å²) in [7, 11) is 0. The molecule has 1 N–H and O–H groups in total. The van der Waals surface area contributed by atoms with E-state index in [1.54, 1.807) is 6.07 Å². The fraction of sp³-hybridized carbons (Fsp3) is 0.278. The molecule has 2 amide bonds. The van der Waals surface area contributed by atoms with Gasteiger partial charge in [-0.25, -0.2) is 0 Å². The molecule has 0 spiro atoms. The smallest absolute Gasteiger partial charge is 0.270 e. The largest absolute Gasteiger partial charge is 0.347 e. The fourth-order valence-electron chi connectivity index (χ4n) is 2.73. The van der Waals surface area contributed by atoms with Gasteiger partial charge in [0.05, 0.1) is 0 Å². The quantitative estimate of drug-likeness (QED) is 0.908. The fourth-order valence-corrected chi connectivity index (χ4v) is 2.89. The van der Waals surface area contributed by atoms with Gasteiger partial charge in [-0.3, -0.25) is 14.6 Å². The molecule has 3 rings (SSSR count). The first-order chi connectivity index (χ1) is 11.6. The summed E-state index contributed by atoms with van der Waals surface area (Å²) < 4.78 is 0. The lowest BCUT2D eigenvalue weighted by Gasteiger charge is -2.16. The number of aromatic nitrogens is 1. The lowest BCUT2D eigenvalue weighted by molar-refractivity contribution is -0.128. The van der Waals surface area contributed by atoms with Gasteiger partial charge in [-0.2, -0.15) is 0 Å². The molecule has 0 saturated carbocycles. The Morgan fingerprint density at radius 1 is 1.25 bits per heavy atom. The van der Waals surface area contributed by atoms with Crippen molar-refractivity contribution in [3.05, 3.63) is 64.4 Å². The predicted octanol–water partition coefficient (Wildman–Crippen LogP) is 2.79. The summed E-state index contributed by atoms with van der Waals surface area (Å²) >= 11 is 5.87. The van der Waals surface area contributed by atoms with Crippen LogP contribution in [0.3, 0.4) is 0 Å². The van der Waals surface area contributed by atoms with Gasteiger partial charge in [0, 0.05) is 37.3 Å². The molecule has 1 aromatic carbocycles. The lowest BCUT2D eigenvalue weighted by Crippen LogP contribution is -2.25. The molecule has 1 saturated heterocycles. The number of hydrogen-bond donors (Lipinski definition) is 1. The van der Waals surface area contributed by atoms with Crippen molar-refractivity contribution in [1.82, 2.24) is 15.2 Å². The summed E-state index contributed by atoms with van der Waals surface area (Å²) in [6, 6.07) is 11.1. The van der Waals surface area contributed by atoms with Crippen LogP contribution in [-0.2, 0) is 17.9 Å². The van der Waals surface area contributed by atoms with Gasteiger partial charge in [-0.1, -0.05) is 35.9 Å². The first-order valence-electron chi connectivity index (χ1n) is 7.87. The van der Waals surface area contributed by atoms with Crippen molar-refractivity contribution < 1.29 is 9.59 Å². The van der Waals surface area contributed by atoms with E-state index in [0.29, 0.717) is 30.2 Å². The second-order valence-electron chi connectivity index (χ2n) is 5.78. The first-order valence-corrected chi connectivity index (χ1v) is 8.25. The van der Waals surface area contributed by atoms with Crippen molar-refractivity contribution in [1.29, 1.82) is 0 Å². The maximum atomic E-state index is 12.1. The number of nitrogens with zero attached hydrogens (tertiary/aromatic N) is 2. The van der Waals surface area contributed by atoms with Crippen molar-refractivity contribution in [2.24, 2.45) is 0 Å². The van der Waals surface area contributed by atoms with E-state index in [2.05, 4.69) is 10.3 Å². The third-order valence-corrected chi connectivity index (χ3v) is 4.18. The number of benzene rings is 1. The number of likely N-dealkylation sites (tertiary alicyclic amines) is 1. The molecule has 0 unspecified atom stereocenters. The van der Waals surface area contributed by atoms with Crippen molar-refractivity contribution in [2.75, 3.05) is 6.54 Å². The Balaban J connectivity index is 1.60. The van der Waals surface area contributed by atoms with E-state index in [0.717, 1.165) is 24.1 Å². The van der Waals surface area contributed by atoms with E-state index >= 15 is 0 Å². The zero-order chi connectivity index (χ0) is 16.9. The van der Waals surface area contributed by atoms with Crippen LogP contribution in [0.1, 0.15) is 34.5 Å². The average Bonchev–Trinajstić information content (AvgIpc) is 2.98. The van der Waals surface area contributed by atoms with Crippen LogP contribution >= 0.6 is 11.6 Å². The molecule has 124 valence electrons. The number of carbonyl (C=O) groups is 2. The predicted molar refractivity (Wildman–Crippen MR) is 91.5 cm³/mol. The number of halogens is 1. The van der Waals surface area contributed by atoms with E-state index in [9.17, 15) is 9.59 Å². The number of nitrogens with one attached hydrogen (secondary N) is 1. The molecule has 0 bridgehead atoms. The molecular weight excluding hydrogens is 326 g/mol. The first kappa shape index (κ1) is 16.5. The molecule has 2 heterocycles. The topological polar surface area (TPSA) is 62.3 Å². The standard InChI is InChI=1S/C18H18ClN3O2/c19-15-6-7-20-16(10-15)18(24)21-11-13-3-1-4-14(9-13)12-22-8-2-5-17(22)23/h1,3-4,6-7,9-10H,2,5,8,11-12H2,(H,21,24). The third kappa shape index (κ3) is 4.11. The minimum Gasteiger partial charge on any atom is -0.347 e. The highest BCUT2D eigenvalue weighted by atomic mass is 35.5. The summed E-state index contributed by atoms with van der Waals surface area (Å²) in [5.41, 5.74) is 2.34. The Morgan fingerprint density at radius 2 is 2.08 bits per heavy atom. The summed E-state index contributed by atoms with van der Waals surface area (Å²) in [5, 5.41) is 3.31. The number of carbonyl (C=O) groups excluding carboxylic acids is 2. The molecule has 0 aliphatic carbocycles. The highest BCUT2D eigenvalue weighted by Gasteiger charge is 2.19. The zero-order valence-corrected chi connectivity index (χ0v) is 13.9. The van der Waals surface area contributed by atoms with Crippen LogP contribution in [0.2, 0.25) is 5.02 Å². The van der Waals surface area contributed by atoms with Crippen molar-refractivity contribution in [2.45, 2.75) is 25.9 Å². The zero-order valence-electron chi connectivity index (χ0n) is 13.2. The van der Waals surface area contributed by atoms with Gasteiger partial charge in [-0.05, 0) is 29.7 Å². The number of hydrogen-bond acceptors (Lipinski definition) is 3. The SMILES string of the molecule is O=C(NCc1cccc(CN2CCCC2=O)c1)c1cc(Cl)ccn1. The highest BCUT2D eigenvalue weighted by molar-refractivity contribution is 6.30. The summed E-state index contributed by atoms with van der Waals surface area (Å²) in [6.45, 7) is 1.84. The average molecular weight is 344 g/mol. The van der Waals surface area contributed by atoms with Crippen molar-refractivity contribution in [3.63, 3.8) is 0 Å². The number of rotatable bonds is 5. The second-order valence-corrected chi connectivity index (χ2v) is 6.22. The van der Waals surface area contributed by atoms with Crippen molar-refractivity contribution >= 4 is 23.4 Å². The van der Waals surface area contributed by atoms with Crippen LogP contribution in [-0.4, -0.2) is 28.2 Å². The summed E-state index contributed by atoms with van der Waals surface area (Å²) in [4.78, 5) is 29.7. The molecule has 0 radical (unpaired) electrons. The van der Waals surface area contributed by atoms with Crippen LogP contribution in [0.25, 0.3) is 0 Å². The van der Waals surface area contributed by atoms with E-state index < -0.39 is 0 Å². The van der Waals surface area contributed by atoms with E-state index in [1.807, 2.05) is 29.2 Å². The van der Waals surface area contributed by atoms with Gasteiger partial charge in [-0.15, -0.1) is 0 Å². The third-order valence-electron chi connectivity index (χ3n) is 3.94. The minimum atomic E-state index is -0.266. The van der Waals surface area contributed by atoms with Crippen molar-refractivity contribution in [3.8, 4) is 0 Å². The molecular formula is C18H18ClN3O2. The Hall–Kier alpha value is -2.40. The molecule has 5 nitrogen and oxygen atoms in total. The minimum absolute atomic E-state index is 0.209. The number of amides is 2. The second kappa shape index (κ2) is 7.45. The molecule has 1 aliphatic heterocycles. The Morgan fingerprint density at radius 3 is 2.83 bits per heavy atom. The van der Waals surface area contributed by atoms with Crippen LogP contribution in [0, 0.1) is 0 Å². The van der Waals surface area contributed by atoms with E-state index in [-0.39, 0.29) is 11.8 Å². The van der Waals surface area contributed by atoms with Crippen LogP contribution in [0.15, 0.2) is 42.6 Å². The molecule has 24 heavy (non-hydrogen) atoms. The maximum absolute atomic E-state index is 12.1. The van der Waals surface area contributed by atoms with Gasteiger partial charge in [0.1, 0.15) is 5.69 Å². The van der Waals surface area contributed by atoms with E-state index in [1.165, 1.54) is 12.3 Å². The molecule has 1 aromatic heterocycles. The van der Waals surface area contributed by atoms with Gasteiger partial charge in [0.2, 0.25) is 5.91 Å². The van der Waals surface area contributed by atoms with Crippen LogP contribution < -0.4 is 5.32 Å². The molecule has 6 heteroatoms. The monoisotopic (exact) mass is 343 g/mol. The van der Waals surface area contributed by atoms with Crippen LogP contribution in [0.5, 0.6) is 0 Å². The Bertz CT molecular complexity index is 763. The normalized spacial score (nSPS) is 14.0. The lowest BCUT2D eigenvalue weighted by atomic mass is 10.1. The van der Waals surface area contributed by atoms with Gasteiger partial charge >= 0.3 is 0 Å². The van der Waals surface area contributed by atoms with E-state index in [4.69, 9.17) is 11.6 Å². The maximum Gasteiger partial charge on any atom is 0.270 e. The number of pyridine rings is 1. The Labute approximate surface area is 145 Å². The van der Waals surface area contributed by atoms with Gasteiger partial charge < -0.3 is 10.2 Å². The molecule has 1 aliphatic rings. The highest BCUT2D eigenvalue weighted by Crippen LogP contribution is 2.15. The molecule has 0 atom stereocenters. The molecule has 1 fully saturated rings.